The Bertz CT molecular complexity index is 1020. The van der Waals surface area contributed by atoms with Crippen LogP contribution in [0.25, 0.3) is 12.2 Å². The summed E-state index contributed by atoms with van der Waals surface area (Å²) in [4.78, 5) is 24.4. The first-order valence-corrected chi connectivity index (χ1v) is 8.01. The second kappa shape index (κ2) is 6.72. The molecule has 0 aliphatic rings. The Morgan fingerprint density at radius 2 is 2.00 bits per heavy atom. The minimum Gasteiger partial charge on any atom is -0.497 e. The fourth-order valence-corrected chi connectivity index (χ4v) is 3.19. The fraction of sp³-hybridized carbons (Fsp3) is 0.111. The highest BCUT2D eigenvalue weighted by Crippen LogP contribution is 2.11. The maximum atomic E-state index is 12.3. The summed E-state index contributed by atoms with van der Waals surface area (Å²) in [6, 6.07) is 10.6. The van der Waals surface area contributed by atoms with Gasteiger partial charge in [0.1, 0.15) is 10.4 Å². The van der Waals surface area contributed by atoms with Crippen LogP contribution in [0.5, 0.6) is 5.75 Å². The Balaban J connectivity index is 2.03. The molecule has 0 N–H and O–H groups in total. The van der Waals surface area contributed by atoms with Gasteiger partial charge in [-0.25, -0.2) is 0 Å². The summed E-state index contributed by atoms with van der Waals surface area (Å²) >= 11 is 1.26. The van der Waals surface area contributed by atoms with E-state index in [9.17, 15) is 9.59 Å². The van der Waals surface area contributed by atoms with Crippen molar-refractivity contribution in [1.29, 1.82) is 0 Å². The van der Waals surface area contributed by atoms with Gasteiger partial charge in [0.2, 0.25) is 5.78 Å². The first kappa shape index (κ1) is 16.0. The van der Waals surface area contributed by atoms with Crippen molar-refractivity contribution in [2.45, 2.75) is 0 Å². The van der Waals surface area contributed by atoms with Crippen LogP contribution in [0.1, 0.15) is 16.1 Å². The Morgan fingerprint density at radius 3 is 2.62 bits per heavy atom. The number of hydrogen-bond donors (Lipinski definition) is 0. The van der Waals surface area contributed by atoms with Crippen molar-refractivity contribution in [2.75, 3.05) is 7.11 Å². The molecule has 5 nitrogen and oxygen atoms in total. The predicted octanol–water partition coefficient (Wildman–Crippen LogP) is 1.54. The number of hydrogen-bond acceptors (Lipinski definition) is 5. The summed E-state index contributed by atoms with van der Waals surface area (Å²) in [7, 11) is 3.25. The molecule has 1 aromatic carbocycles. The lowest BCUT2D eigenvalue weighted by molar-refractivity contribution is 0.103. The van der Waals surface area contributed by atoms with Crippen molar-refractivity contribution in [2.24, 2.45) is 7.05 Å². The highest BCUT2D eigenvalue weighted by atomic mass is 32.1. The average Bonchev–Trinajstić information content (AvgIpc) is 3.21. The Hall–Kier alpha value is -2.86. The van der Waals surface area contributed by atoms with E-state index < -0.39 is 0 Å². The zero-order valence-electron chi connectivity index (χ0n) is 13.2. The van der Waals surface area contributed by atoms with Crippen molar-refractivity contribution in [3.05, 3.63) is 73.5 Å². The van der Waals surface area contributed by atoms with Crippen LogP contribution < -0.4 is 19.5 Å². The number of carbonyl (C=O) groups is 1. The summed E-state index contributed by atoms with van der Waals surface area (Å²) in [5.41, 5.74) is 0.743. The SMILES string of the molecule is COc1ccc(C=c2sc(=CC(=O)c3ccco3)n(C)c2=O)cc1. The minimum atomic E-state index is -0.271. The molecule has 2 heterocycles. The van der Waals surface area contributed by atoms with E-state index in [1.807, 2.05) is 24.3 Å². The van der Waals surface area contributed by atoms with E-state index in [0.717, 1.165) is 11.3 Å². The predicted molar refractivity (Wildman–Crippen MR) is 92.9 cm³/mol. The molecule has 3 aromatic rings. The molecule has 0 amide bonds. The first-order valence-electron chi connectivity index (χ1n) is 7.19. The number of thiazole rings is 1. The van der Waals surface area contributed by atoms with Gasteiger partial charge < -0.3 is 13.7 Å². The third kappa shape index (κ3) is 3.23. The molecular weight excluding hydrogens is 326 g/mol. The van der Waals surface area contributed by atoms with Crippen LogP contribution in [-0.2, 0) is 7.05 Å². The van der Waals surface area contributed by atoms with Crippen LogP contribution in [0, 0.1) is 0 Å². The molecule has 0 spiro atoms. The van der Waals surface area contributed by atoms with Gasteiger partial charge in [-0.3, -0.25) is 9.59 Å². The second-order valence-corrected chi connectivity index (χ2v) is 6.13. The fourth-order valence-electron chi connectivity index (χ4n) is 2.16. The standard InChI is InChI=1S/C18H15NO4S/c1-19-17(11-14(20)15-4-3-9-23-15)24-16(18(19)21)10-12-5-7-13(22-2)8-6-12/h3-11H,1-2H3. The number of carbonyl (C=O) groups excluding carboxylic acids is 1. The molecule has 2 aromatic heterocycles. The monoisotopic (exact) mass is 341 g/mol. The molecule has 0 aliphatic heterocycles. The van der Waals surface area contributed by atoms with E-state index in [2.05, 4.69) is 0 Å². The number of nitrogens with zero attached hydrogens (tertiary/aromatic N) is 1. The molecule has 0 bridgehead atoms. The highest BCUT2D eigenvalue weighted by Gasteiger charge is 2.07. The normalized spacial score (nSPS) is 12.6. The van der Waals surface area contributed by atoms with Crippen LogP contribution in [-0.4, -0.2) is 17.5 Å². The lowest BCUT2D eigenvalue weighted by Gasteiger charge is -1.98. The number of methoxy groups -OCH3 is 1. The van der Waals surface area contributed by atoms with E-state index in [0.29, 0.717) is 9.20 Å². The van der Waals surface area contributed by atoms with Gasteiger partial charge in [-0.2, -0.15) is 0 Å². The van der Waals surface area contributed by atoms with E-state index >= 15 is 0 Å². The van der Waals surface area contributed by atoms with Crippen LogP contribution in [0.2, 0.25) is 0 Å². The smallest absolute Gasteiger partial charge is 0.268 e. The van der Waals surface area contributed by atoms with E-state index in [1.165, 1.54) is 28.2 Å². The van der Waals surface area contributed by atoms with E-state index in [4.69, 9.17) is 9.15 Å². The maximum Gasteiger partial charge on any atom is 0.268 e. The van der Waals surface area contributed by atoms with Crippen molar-refractivity contribution in [3.8, 4) is 5.75 Å². The quantitative estimate of drug-likeness (QED) is 0.676. The topological polar surface area (TPSA) is 61.4 Å². The number of ketones is 1. The van der Waals surface area contributed by atoms with Crippen LogP contribution in [0.15, 0.2) is 51.9 Å². The highest BCUT2D eigenvalue weighted by molar-refractivity contribution is 7.07. The molecule has 0 saturated heterocycles. The van der Waals surface area contributed by atoms with Gasteiger partial charge in [0.15, 0.2) is 5.76 Å². The number of ether oxygens (including phenoxy) is 1. The van der Waals surface area contributed by atoms with Crippen molar-refractivity contribution < 1.29 is 13.9 Å². The molecule has 122 valence electrons. The molecule has 0 radical (unpaired) electrons. The summed E-state index contributed by atoms with van der Waals surface area (Å²) in [5, 5.41) is 0. The van der Waals surface area contributed by atoms with Crippen LogP contribution >= 0.6 is 11.3 Å². The summed E-state index contributed by atoms with van der Waals surface area (Å²) < 4.78 is 12.8. The van der Waals surface area contributed by atoms with Gasteiger partial charge in [-0.15, -0.1) is 11.3 Å². The number of rotatable bonds is 4. The largest absolute Gasteiger partial charge is 0.497 e. The van der Waals surface area contributed by atoms with Gasteiger partial charge in [0, 0.05) is 13.1 Å². The number of Topliss-reactive ketones (excluding diaryl/α,β-unsaturated/α-hetero) is 1. The molecule has 0 unspecified atom stereocenters. The Morgan fingerprint density at radius 1 is 1.25 bits per heavy atom. The van der Waals surface area contributed by atoms with Crippen molar-refractivity contribution >= 4 is 29.3 Å². The molecule has 24 heavy (non-hydrogen) atoms. The van der Waals surface area contributed by atoms with Gasteiger partial charge >= 0.3 is 0 Å². The second-order valence-electron chi connectivity index (χ2n) is 5.07. The molecular formula is C18H15NO4S. The van der Waals surface area contributed by atoms with Gasteiger partial charge in [0.05, 0.1) is 17.9 Å². The molecule has 3 rings (SSSR count). The first-order chi connectivity index (χ1) is 11.6. The minimum absolute atomic E-state index is 0.144. The van der Waals surface area contributed by atoms with Gasteiger partial charge in [-0.1, -0.05) is 12.1 Å². The van der Waals surface area contributed by atoms with Crippen LogP contribution in [0.4, 0.5) is 0 Å². The molecule has 0 fully saturated rings. The number of furan rings is 1. The third-order valence-corrected chi connectivity index (χ3v) is 4.61. The number of aromatic nitrogens is 1. The molecule has 0 saturated carbocycles. The Kier molecular flexibility index (Phi) is 4.48. The Labute approximate surface area is 141 Å². The average molecular weight is 341 g/mol. The lowest BCUT2D eigenvalue weighted by Crippen LogP contribution is -2.29. The number of benzene rings is 1. The van der Waals surface area contributed by atoms with Gasteiger partial charge in [-0.05, 0) is 35.9 Å². The summed E-state index contributed by atoms with van der Waals surface area (Å²) in [6.45, 7) is 0. The zero-order chi connectivity index (χ0) is 17.1. The third-order valence-electron chi connectivity index (χ3n) is 3.49. The van der Waals surface area contributed by atoms with Crippen LogP contribution in [0.3, 0.4) is 0 Å². The van der Waals surface area contributed by atoms with E-state index in [1.54, 1.807) is 32.4 Å². The zero-order valence-corrected chi connectivity index (χ0v) is 14.0. The van der Waals surface area contributed by atoms with Gasteiger partial charge in [0.25, 0.3) is 5.56 Å². The van der Waals surface area contributed by atoms with E-state index in [-0.39, 0.29) is 17.1 Å². The lowest BCUT2D eigenvalue weighted by atomic mass is 10.2. The molecule has 6 heteroatoms. The van der Waals surface area contributed by atoms with Crippen molar-refractivity contribution in [1.82, 2.24) is 4.57 Å². The van der Waals surface area contributed by atoms with Crippen molar-refractivity contribution in [3.63, 3.8) is 0 Å². The molecule has 0 aliphatic carbocycles. The summed E-state index contributed by atoms with van der Waals surface area (Å²) in [6.07, 6.45) is 4.65. The maximum absolute atomic E-state index is 12.3. The molecule has 0 atom stereocenters. The summed E-state index contributed by atoms with van der Waals surface area (Å²) in [5.74, 6) is 0.730.